The van der Waals surface area contributed by atoms with Crippen LogP contribution in [0.4, 0.5) is 0 Å². The van der Waals surface area contributed by atoms with Gasteiger partial charge in [-0.3, -0.25) is 4.79 Å². The van der Waals surface area contributed by atoms with Crippen molar-refractivity contribution in [3.63, 3.8) is 0 Å². The van der Waals surface area contributed by atoms with Crippen LogP contribution in [-0.4, -0.2) is 70.4 Å². The molecular weight excluding hydrogens is 346 g/mol. The van der Waals surface area contributed by atoms with E-state index in [-0.39, 0.29) is 25.1 Å². The summed E-state index contributed by atoms with van der Waals surface area (Å²) >= 11 is 0. The van der Waals surface area contributed by atoms with E-state index in [4.69, 9.17) is 15.2 Å². The molecule has 3 N–H and O–H groups in total. The molecule has 25 heavy (non-hydrogen) atoms. The number of rotatable bonds is 8. The van der Waals surface area contributed by atoms with E-state index in [2.05, 4.69) is 5.32 Å². The van der Waals surface area contributed by atoms with Gasteiger partial charge in [-0.1, -0.05) is 0 Å². The molecule has 0 radical (unpaired) electrons. The third-order valence-corrected chi connectivity index (χ3v) is 5.06. The highest BCUT2D eigenvalue weighted by atomic mass is 32.2. The smallest absolute Gasteiger partial charge is 0.251 e. The van der Waals surface area contributed by atoms with Gasteiger partial charge in [-0.05, 0) is 37.2 Å². The largest absolute Gasteiger partial charge is 0.494 e. The van der Waals surface area contributed by atoms with Gasteiger partial charge in [0.15, 0.2) is 0 Å². The van der Waals surface area contributed by atoms with Gasteiger partial charge in [-0.15, -0.1) is 0 Å². The number of ether oxygens (including phenoxy) is 2. The van der Waals surface area contributed by atoms with Crippen molar-refractivity contribution >= 4 is 15.9 Å². The molecular formula is C16H25N3O5S. The Morgan fingerprint density at radius 1 is 1.40 bits per heavy atom. The second kappa shape index (κ2) is 9.14. The summed E-state index contributed by atoms with van der Waals surface area (Å²) in [5, 5.41) is 2.77. The average molecular weight is 371 g/mol. The maximum absolute atomic E-state index is 12.2. The first-order chi connectivity index (χ1) is 11.9. The van der Waals surface area contributed by atoms with Crippen LogP contribution in [0.1, 0.15) is 16.8 Å². The molecule has 1 saturated heterocycles. The van der Waals surface area contributed by atoms with Crippen molar-refractivity contribution in [1.82, 2.24) is 9.62 Å². The molecule has 0 aromatic heterocycles. The van der Waals surface area contributed by atoms with Crippen LogP contribution in [0, 0.1) is 0 Å². The number of hydrogen-bond acceptors (Lipinski definition) is 6. The Morgan fingerprint density at radius 3 is 2.76 bits per heavy atom. The Labute approximate surface area is 148 Å². The molecule has 1 aromatic carbocycles. The number of amides is 1. The highest BCUT2D eigenvalue weighted by Gasteiger charge is 2.26. The molecule has 1 aliphatic heterocycles. The zero-order chi connectivity index (χ0) is 18.3. The molecule has 1 aromatic rings. The molecule has 0 saturated carbocycles. The molecule has 140 valence electrons. The zero-order valence-corrected chi connectivity index (χ0v) is 15.1. The Kier molecular flexibility index (Phi) is 7.18. The van der Waals surface area contributed by atoms with Crippen LogP contribution in [0.5, 0.6) is 5.75 Å². The van der Waals surface area contributed by atoms with Crippen LogP contribution in [0.15, 0.2) is 24.3 Å². The van der Waals surface area contributed by atoms with Crippen LogP contribution in [-0.2, 0) is 14.8 Å². The van der Waals surface area contributed by atoms with Crippen LogP contribution < -0.4 is 15.8 Å². The van der Waals surface area contributed by atoms with Gasteiger partial charge in [0.2, 0.25) is 10.0 Å². The molecule has 1 unspecified atom stereocenters. The van der Waals surface area contributed by atoms with Crippen molar-refractivity contribution < 1.29 is 22.7 Å². The van der Waals surface area contributed by atoms with E-state index in [1.807, 2.05) is 0 Å². The summed E-state index contributed by atoms with van der Waals surface area (Å²) in [5.74, 6) is 0.443. The minimum atomic E-state index is -3.25. The van der Waals surface area contributed by atoms with E-state index in [9.17, 15) is 13.2 Å². The second-order valence-electron chi connectivity index (χ2n) is 5.84. The third-order valence-electron chi connectivity index (χ3n) is 3.79. The van der Waals surface area contributed by atoms with E-state index < -0.39 is 10.0 Å². The van der Waals surface area contributed by atoms with Crippen molar-refractivity contribution in [2.24, 2.45) is 5.73 Å². The monoisotopic (exact) mass is 371 g/mol. The zero-order valence-electron chi connectivity index (χ0n) is 14.3. The number of hydrogen-bond donors (Lipinski definition) is 2. The van der Waals surface area contributed by atoms with Gasteiger partial charge in [-0.25, -0.2) is 8.42 Å². The van der Waals surface area contributed by atoms with Crippen molar-refractivity contribution in [1.29, 1.82) is 0 Å². The minimum Gasteiger partial charge on any atom is -0.494 e. The summed E-state index contributed by atoms with van der Waals surface area (Å²) in [6, 6.07) is 6.82. The highest BCUT2D eigenvalue weighted by Crippen LogP contribution is 2.13. The van der Waals surface area contributed by atoms with Gasteiger partial charge in [0.05, 0.1) is 25.6 Å². The molecule has 1 amide bonds. The first-order valence-electron chi connectivity index (χ1n) is 8.18. The standard InChI is InChI=1S/C16H25N3O5S/c1-25(21,22)19-8-10-24-15(12-19)11-18-16(20)13-3-5-14(6-4-13)23-9-2-7-17/h3-6,15H,2,7-12,17H2,1H3,(H,18,20). The number of nitrogens with zero attached hydrogens (tertiary/aromatic N) is 1. The van der Waals surface area contributed by atoms with Crippen LogP contribution in [0.2, 0.25) is 0 Å². The summed E-state index contributed by atoms with van der Waals surface area (Å²) in [5.41, 5.74) is 5.91. The van der Waals surface area contributed by atoms with Gasteiger partial charge in [0, 0.05) is 25.2 Å². The maximum Gasteiger partial charge on any atom is 0.251 e. The second-order valence-corrected chi connectivity index (χ2v) is 7.82. The molecule has 2 rings (SSSR count). The molecule has 0 aliphatic carbocycles. The van der Waals surface area contributed by atoms with E-state index in [0.29, 0.717) is 37.6 Å². The van der Waals surface area contributed by atoms with E-state index in [1.165, 1.54) is 10.6 Å². The van der Waals surface area contributed by atoms with Gasteiger partial charge in [0.25, 0.3) is 5.91 Å². The summed E-state index contributed by atoms with van der Waals surface area (Å²) in [7, 11) is -3.25. The maximum atomic E-state index is 12.2. The summed E-state index contributed by atoms with van der Waals surface area (Å²) in [6.07, 6.45) is 1.59. The average Bonchev–Trinajstić information content (AvgIpc) is 2.60. The SMILES string of the molecule is CS(=O)(=O)N1CCOC(CNC(=O)c2ccc(OCCCN)cc2)C1. The molecule has 8 nitrogen and oxygen atoms in total. The molecule has 1 fully saturated rings. The van der Waals surface area contributed by atoms with Crippen molar-refractivity contribution in [3.8, 4) is 5.75 Å². The summed E-state index contributed by atoms with van der Waals surface area (Å²) in [4.78, 5) is 12.2. The predicted octanol–water partition coefficient (Wildman–Crippen LogP) is -0.196. The fourth-order valence-corrected chi connectivity index (χ4v) is 3.24. The number of nitrogens with one attached hydrogen (secondary N) is 1. The lowest BCUT2D eigenvalue weighted by Crippen LogP contribution is -2.49. The number of benzene rings is 1. The van der Waals surface area contributed by atoms with Gasteiger partial charge in [0.1, 0.15) is 5.75 Å². The molecule has 1 atom stereocenters. The Hall–Kier alpha value is -1.68. The van der Waals surface area contributed by atoms with Crippen molar-refractivity contribution in [2.75, 3.05) is 45.6 Å². The number of carbonyl (C=O) groups excluding carboxylic acids is 1. The number of sulfonamides is 1. The van der Waals surface area contributed by atoms with Crippen LogP contribution >= 0.6 is 0 Å². The third kappa shape index (κ3) is 6.28. The van der Waals surface area contributed by atoms with Gasteiger partial charge in [-0.2, -0.15) is 4.31 Å². The van der Waals surface area contributed by atoms with Crippen LogP contribution in [0.25, 0.3) is 0 Å². The van der Waals surface area contributed by atoms with E-state index in [0.717, 1.165) is 6.42 Å². The fourth-order valence-electron chi connectivity index (χ4n) is 2.40. The fraction of sp³-hybridized carbons (Fsp3) is 0.562. The van der Waals surface area contributed by atoms with E-state index in [1.54, 1.807) is 24.3 Å². The Balaban J connectivity index is 1.81. The lowest BCUT2D eigenvalue weighted by atomic mass is 10.2. The Morgan fingerprint density at radius 2 is 2.12 bits per heavy atom. The van der Waals surface area contributed by atoms with Crippen LogP contribution in [0.3, 0.4) is 0 Å². The minimum absolute atomic E-state index is 0.242. The summed E-state index contributed by atoms with van der Waals surface area (Å²) in [6.45, 7) is 2.27. The van der Waals surface area contributed by atoms with Crippen molar-refractivity contribution in [3.05, 3.63) is 29.8 Å². The normalized spacial score (nSPS) is 18.7. The summed E-state index contributed by atoms with van der Waals surface area (Å²) < 4.78 is 35.5. The van der Waals surface area contributed by atoms with Gasteiger partial charge >= 0.3 is 0 Å². The highest BCUT2D eigenvalue weighted by molar-refractivity contribution is 7.88. The van der Waals surface area contributed by atoms with Gasteiger partial charge < -0.3 is 20.5 Å². The number of morpholine rings is 1. The molecule has 9 heteroatoms. The Bertz CT molecular complexity index is 663. The predicted molar refractivity (Wildman–Crippen MR) is 94.1 cm³/mol. The van der Waals surface area contributed by atoms with Crippen molar-refractivity contribution in [2.45, 2.75) is 12.5 Å². The first-order valence-corrected chi connectivity index (χ1v) is 10.0. The molecule has 1 heterocycles. The molecule has 1 aliphatic rings. The number of carbonyl (C=O) groups is 1. The first kappa shape index (κ1) is 19.6. The lowest BCUT2D eigenvalue weighted by molar-refractivity contribution is 0.000438. The number of nitrogens with two attached hydrogens (primary N) is 1. The topological polar surface area (TPSA) is 111 Å². The lowest BCUT2D eigenvalue weighted by Gasteiger charge is -2.31. The van der Waals surface area contributed by atoms with E-state index >= 15 is 0 Å². The molecule has 0 bridgehead atoms. The molecule has 0 spiro atoms. The quantitative estimate of drug-likeness (QED) is 0.613.